The van der Waals surface area contributed by atoms with Crippen LogP contribution in [0.25, 0.3) is 0 Å². The first kappa shape index (κ1) is 24.5. The number of rotatable bonds is 16. The van der Waals surface area contributed by atoms with Gasteiger partial charge in [0.15, 0.2) is 0 Å². The molecule has 0 atom stereocenters. The molecule has 0 aliphatic heterocycles. The molecule has 0 fully saturated rings. The van der Waals surface area contributed by atoms with Gasteiger partial charge in [0.05, 0.1) is 12.6 Å². The monoisotopic (exact) mass is 391 g/mol. The van der Waals surface area contributed by atoms with E-state index < -0.39 is 0 Å². The molecule has 0 saturated heterocycles. The average Bonchev–Trinajstić information content (AvgIpc) is 2.70. The molecule has 0 aliphatic rings. The molecule has 1 aromatic rings. The van der Waals surface area contributed by atoms with Crippen molar-refractivity contribution in [3.05, 3.63) is 29.8 Å². The van der Waals surface area contributed by atoms with Gasteiger partial charge in [-0.15, -0.1) is 0 Å². The number of amides is 1. The van der Waals surface area contributed by atoms with E-state index in [1.165, 1.54) is 44.1 Å². The van der Waals surface area contributed by atoms with E-state index >= 15 is 0 Å². The SMILES string of the molecule is CCCCCCOc1ccc(CCCCCCCCC(=O)N(O)C(C)C)cc1. The lowest BCUT2D eigenvalue weighted by molar-refractivity contribution is -0.172. The lowest BCUT2D eigenvalue weighted by atomic mass is 10.0. The van der Waals surface area contributed by atoms with Crippen molar-refractivity contribution in [2.45, 2.75) is 104 Å². The Kier molecular flexibility index (Phi) is 13.5. The highest BCUT2D eigenvalue weighted by Gasteiger charge is 2.13. The molecule has 1 N–H and O–H groups in total. The van der Waals surface area contributed by atoms with Crippen molar-refractivity contribution in [2.24, 2.45) is 0 Å². The summed E-state index contributed by atoms with van der Waals surface area (Å²) in [6.07, 6.45) is 13.2. The predicted molar refractivity (Wildman–Crippen MR) is 116 cm³/mol. The Hall–Kier alpha value is -1.55. The van der Waals surface area contributed by atoms with Gasteiger partial charge in [-0.2, -0.15) is 0 Å². The Morgan fingerprint density at radius 2 is 1.54 bits per heavy atom. The van der Waals surface area contributed by atoms with E-state index in [0.29, 0.717) is 6.42 Å². The summed E-state index contributed by atoms with van der Waals surface area (Å²) in [6, 6.07) is 8.41. The van der Waals surface area contributed by atoms with Crippen LogP contribution in [-0.4, -0.2) is 28.8 Å². The highest BCUT2D eigenvalue weighted by molar-refractivity contribution is 5.75. The molecule has 0 bridgehead atoms. The molecule has 0 saturated carbocycles. The molecular formula is C24H41NO3. The summed E-state index contributed by atoms with van der Waals surface area (Å²) in [5.41, 5.74) is 1.38. The first-order valence-electron chi connectivity index (χ1n) is 11.3. The summed E-state index contributed by atoms with van der Waals surface area (Å²) in [5, 5.41) is 10.4. The molecule has 1 aromatic carbocycles. The quantitative estimate of drug-likeness (QED) is 0.198. The minimum absolute atomic E-state index is 0.140. The maximum atomic E-state index is 11.7. The molecule has 160 valence electrons. The van der Waals surface area contributed by atoms with Crippen LogP contribution in [0.5, 0.6) is 5.75 Å². The Balaban J connectivity index is 2.02. The Morgan fingerprint density at radius 3 is 2.18 bits per heavy atom. The first-order valence-corrected chi connectivity index (χ1v) is 11.3. The van der Waals surface area contributed by atoms with Crippen LogP contribution in [0, 0.1) is 0 Å². The van der Waals surface area contributed by atoms with Gasteiger partial charge < -0.3 is 4.74 Å². The van der Waals surface area contributed by atoms with E-state index in [1.54, 1.807) is 0 Å². The number of hydrogen-bond acceptors (Lipinski definition) is 3. The number of hydrogen-bond donors (Lipinski definition) is 1. The fraction of sp³-hybridized carbons (Fsp3) is 0.708. The predicted octanol–water partition coefficient (Wildman–Crippen LogP) is 6.55. The van der Waals surface area contributed by atoms with Gasteiger partial charge in [-0.05, 0) is 57.2 Å². The van der Waals surface area contributed by atoms with E-state index in [0.717, 1.165) is 49.5 Å². The second-order valence-electron chi connectivity index (χ2n) is 8.01. The molecule has 4 heteroatoms. The van der Waals surface area contributed by atoms with Crippen LogP contribution in [0.2, 0.25) is 0 Å². The number of nitrogens with zero attached hydrogens (tertiary/aromatic N) is 1. The molecule has 0 heterocycles. The van der Waals surface area contributed by atoms with Crippen LogP contribution in [-0.2, 0) is 11.2 Å². The molecule has 1 amide bonds. The van der Waals surface area contributed by atoms with Gasteiger partial charge in [-0.25, -0.2) is 5.06 Å². The van der Waals surface area contributed by atoms with E-state index in [1.807, 2.05) is 13.8 Å². The van der Waals surface area contributed by atoms with Crippen molar-refractivity contribution in [2.75, 3.05) is 6.61 Å². The smallest absolute Gasteiger partial charge is 0.246 e. The van der Waals surface area contributed by atoms with Crippen LogP contribution in [0.4, 0.5) is 0 Å². The molecule has 28 heavy (non-hydrogen) atoms. The third kappa shape index (κ3) is 11.3. The summed E-state index contributed by atoms with van der Waals surface area (Å²) in [4.78, 5) is 11.7. The Bertz CT molecular complexity index is 513. The van der Waals surface area contributed by atoms with Gasteiger partial charge in [0.25, 0.3) is 0 Å². The van der Waals surface area contributed by atoms with Crippen LogP contribution in [0.1, 0.15) is 97.0 Å². The van der Waals surface area contributed by atoms with Crippen LogP contribution in [0.3, 0.4) is 0 Å². The second-order valence-corrected chi connectivity index (χ2v) is 8.01. The molecule has 0 aromatic heterocycles. The average molecular weight is 392 g/mol. The molecule has 4 nitrogen and oxygen atoms in total. The topological polar surface area (TPSA) is 49.8 Å². The van der Waals surface area contributed by atoms with E-state index in [9.17, 15) is 10.0 Å². The number of carbonyl (C=O) groups is 1. The molecule has 1 rings (SSSR count). The summed E-state index contributed by atoms with van der Waals surface area (Å²) in [6.45, 7) is 6.67. The zero-order chi connectivity index (χ0) is 20.6. The van der Waals surface area contributed by atoms with Crippen LogP contribution in [0.15, 0.2) is 24.3 Å². The van der Waals surface area contributed by atoms with Crippen molar-refractivity contribution in [3.8, 4) is 5.75 Å². The minimum atomic E-state index is -0.164. The summed E-state index contributed by atoms with van der Waals surface area (Å²) >= 11 is 0. The zero-order valence-corrected chi connectivity index (χ0v) is 18.3. The van der Waals surface area contributed by atoms with Gasteiger partial charge in [-0.1, -0.05) is 64.0 Å². The van der Waals surface area contributed by atoms with Gasteiger partial charge >= 0.3 is 0 Å². The van der Waals surface area contributed by atoms with E-state index in [4.69, 9.17) is 4.74 Å². The third-order valence-electron chi connectivity index (χ3n) is 5.04. The number of aryl methyl sites for hydroxylation is 1. The summed E-state index contributed by atoms with van der Waals surface area (Å²) in [7, 11) is 0. The first-order chi connectivity index (χ1) is 13.5. The number of benzene rings is 1. The maximum absolute atomic E-state index is 11.7. The fourth-order valence-electron chi connectivity index (χ4n) is 3.19. The molecule has 0 aliphatic carbocycles. The number of hydroxylamine groups is 2. The molecule has 0 spiro atoms. The van der Waals surface area contributed by atoms with E-state index in [-0.39, 0.29) is 11.9 Å². The second kappa shape index (κ2) is 15.4. The standard InChI is InChI=1S/C24H41NO3/c1-4-5-6-13-20-28-23-18-16-22(17-19-23)14-11-9-7-8-10-12-15-24(26)25(27)21(2)3/h16-19,21,27H,4-15,20H2,1-3H3. The molecular weight excluding hydrogens is 350 g/mol. The molecule has 0 unspecified atom stereocenters. The highest BCUT2D eigenvalue weighted by atomic mass is 16.5. The zero-order valence-electron chi connectivity index (χ0n) is 18.3. The summed E-state index contributed by atoms with van der Waals surface area (Å²) < 4.78 is 5.79. The van der Waals surface area contributed by atoms with E-state index in [2.05, 4.69) is 31.2 Å². The van der Waals surface area contributed by atoms with Gasteiger partial charge in [0, 0.05) is 6.42 Å². The normalized spacial score (nSPS) is 11.0. The maximum Gasteiger partial charge on any atom is 0.246 e. The van der Waals surface area contributed by atoms with Gasteiger partial charge in [0.2, 0.25) is 5.91 Å². The Morgan fingerprint density at radius 1 is 0.929 bits per heavy atom. The number of ether oxygens (including phenoxy) is 1. The summed E-state index contributed by atoms with van der Waals surface area (Å²) in [5.74, 6) is 0.817. The third-order valence-corrected chi connectivity index (χ3v) is 5.04. The minimum Gasteiger partial charge on any atom is -0.494 e. The van der Waals surface area contributed by atoms with Gasteiger partial charge in [0.1, 0.15) is 5.75 Å². The molecule has 0 radical (unpaired) electrons. The lowest BCUT2D eigenvalue weighted by Crippen LogP contribution is -2.33. The van der Waals surface area contributed by atoms with Crippen LogP contribution < -0.4 is 4.74 Å². The van der Waals surface area contributed by atoms with Crippen molar-refractivity contribution < 1.29 is 14.7 Å². The van der Waals surface area contributed by atoms with Crippen molar-refractivity contribution in [1.29, 1.82) is 0 Å². The number of carbonyl (C=O) groups excluding carboxylic acids is 1. The van der Waals surface area contributed by atoms with Crippen molar-refractivity contribution in [1.82, 2.24) is 5.06 Å². The lowest BCUT2D eigenvalue weighted by Gasteiger charge is -2.18. The van der Waals surface area contributed by atoms with Crippen molar-refractivity contribution >= 4 is 5.91 Å². The fourth-order valence-corrected chi connectivity index (χ4v) is 3.19. The number of unbranched alkanes of at least 4 members (excludes halogenated alkanes) is 8. The Labute approximate surface area is 172 Å². The van der Waals surface area contributed by atoms with Crippen LogP contribution >= 0.6 is 0 Å². The van der Waals surface area contributed by atoms with Gasteiger partial charge in [-0.3, -0.25) is 10.0 Å². The largest absolute Gasteiger partial charge is 0.494 e. The van der Waals surface area contributed by atoms with Crippen molar-refractivity contribution in [3.63, 3.8) is 0 Å². The highest BCUT2D eigenvalue weighted by Crippen LogP contribution is 2.16.